The van der Waals surface area contributed by atoms with Crippen molar-refractivity contribution in [2.75, 3.05) is 25.3 Å². The Bertz CT molecular complexity index is 1390. The number of amides is 1. The van der Waals surface area contributed by atoms with E-state index in [1.54, 1.807) is 32.4 Å². The second-order valence-corrected chi connectivity index (χ2v) is 7.36. The van der Waals surface area contributed by atoms with Gasteiger partial charge in [0.25, 0.3) is 0 Å². The number of fused-ring (bicyclic) bond motifs is 1. The van der Waals surface area contributed by atoms with E-state index in [-0.39, 0.29) is 5.57 Å². The molecule has 5 N–H and O–H groups in total. The van der Waals surface area contributed by atoms with Gasteiger partial charge in [-0.1, -0.05) is 6.58 Å². The normalized spacial score (nSPS) is 10.8. The lowest BCUT2D eigenvalue weighted by Gasteiger charge is -2.18. The van der Waals surface area contributed by atoms with E-state index in [0.717, 1.165) is 16.7 Å². The predicted octanol–water partition coefficient (Wildman–Crippen LogP) is 3.57. The zero-order valence-electron chi connectivity index (χ0n) is 18.5. The first-order chi connectivity index (χ1) is 15.8. The number of primary amides is 1. The minimum Gasteiger partial charge on any atom is -0.497 e. The summed E-state index contributed by atoms with van der Waals surface area (Å²) in [5.41, 5.74) is 14.6. The van der Waals surface area contributed by atoms with Gasteiger partial charge < -0.3 is 30.8 Å². The van der Waals surface area contributed by atoms with Crippen LogP contribution in [0.3, 0.4) is 0 Å². The fourth-order valence-corrected chi connectivity index (χ4v) is 3.66. The molecule has 4 aromatic rings. The van der Waals surface area contributed by atoms with E-state index in [0.29, 0.717) is 40.0 Å². The number of ether oxygens (including phenoxy) is 2. The number of carbonyl (C=O) groups is 1. The lowest BCUT2D eigenvalue weighted by atomic mass is 9.99. The minimum atomic E-state index is -0.661. The highest BCUT2D eigenvalue weighted by molar-refractivity contribution is 6.19. The molecule has 0 saturated carbocycles. The van der Waals surface area contributed by atoms with Gasteiger partial charge in [0, 0.05) is 40.2 Å². The second-order valence-electron chi connectivity index (χ2n) is 7.36. The van der Waals surface area contributed by atoms with Crippen LogP contribution in [0, 0.1) is 6.92 Å². The third kappa shape index (κ3) is 3.91. The molecule has 0 radical (unpaired) electrons. The van der Waals surface area contributed by atoms with Crippen molar-refractivity contribution in [2.24, 2.45) is 5.73 Å². The number of rotatable bonds is 7. The van der Waals surface area contributed by atoms with Gasteiger partial charge >= 0.3 is 0 Å². The topological polar surface area (TPSA) is 130 Å². The standard InChI is InChI=1S/C24H24N6O3/c1-13(23(26)31)17-12-18(22(33-4)14(2)21(17)25)28-24-27-9-7-20(29-24)30-10-8-15-11-16(32-3)5-6-19(15)30/h5-12H,1,25H2,2-4H3,(H2,26,31)(H,27,28,29). The molecule has 0 unspecified atom stereocenters. The van der Waals surface area contributed by atoms with Gasteiger partial charge in [-0.2, -0.15) is 4.98 Å². The van der Waals surface area contributed by atoms with E-state index >= 15 is 0 Å². The molecule has 0 atom stereocenters. The first kappa shape index (κ1) is 21.7. The Labute approximate surface area is 190 Å². The Morgan fingerprint density at radius 2 is 1.94 bits per heavy atom. The summed E-state index contributed by atoms with van der Waals surface area (Å²) in [4.78, 5) is 20.7. The minimum absolute atomic E-state index is 0.102. The van der Waals surface area contributed by atoms with Crippen molar-refractivity contribution in [1.82, 2.24) is 14.5 Å². The highest BCUT2D eigenvalue weighted by atomic mass is 16.5. The molecule has 0 saturated heterocycles. The number of hydrogen-bond donors (Lipinski definition) is 3. The van der Waals surface area contributed by atoms with Gasteiger partial charge in [-0.3, -0.25) is 4.79 Å². The molecule has 9 nitrogen and oxygen atoms in total. The first-order valence-corrected chi connectivity index (χ1v) is 10.1. The van der Waals surface area contributed by atoms with Crippen molar-refractivity contribution >= 4 is 39.7 Å². The van der Waals surface area contributed by atoms with Crippen LogP contribution in [-0.4, -0.2) is 34.7 Å². The number of hydrogen-bond acceptors (Lipinski definition) is 7. The van der Waals surface area contributed by atoms with E-state index in [1.807, 2.05) is 35.0 Å². The average Bonchev–Trinajstić information content (AvgIpc) is 3.24. The van der Waals surface area contributed by atoms with Crippen LogP contribution in [0.15, 0.2) is 55.4 Å². The Morgan fingerprint density at radius 1 is 1.15 bits per heavy atom. The summed E-state index contributed by atoms with van der Waals surface area (Å²) in [6.45, 7) is 5.54. The van der Waals surface area contributed by atoms with Crippen LogP contribution in [-0.2, 0) is 4.79 Å². The van der Waals surface area contributed by atoms with E-state index < -0.39 is 5.91 Å². The van der Waals surface area contributed by atoms with Gasteiger partial charge in [0.15, 0.2) is 0 Å². The Hall–Kier alpha value is -4.53. The van der Waals surface area contributed by atoms with E-state index in [1.165, 1.54) is 7.11 Å². The SMILES string of the molecule is C=C(C(N)=O)c1cc(Nc2nccc(-n3ccc4cc(OC)ccc43)n2)c(OC)c(C)c1N. The maximum Gasteiger partial charge on any atom is 0.248 e. The van der Waals surface area contributed by atoms with E-state index in [4.69, 9.17) is 20.9 Å². The molecule has 33 heavy (non-hydrogen) atoms. The molecule has 2 aromatic heterocycles. The summed E-state index contributed by atoms with van der Waals surface area (Å²) >= 11 is 0. The predicted molar refractivity (Wildman–Crippen MR) is 129 cm³/mol. The molecule has 0 aliphatic heterocycles. The van der Waals surface area contributed by atoms with Crippen LogP contribution in [0.5, 0.6) is 11.5 Å². The lowest BCUT2D eigenvalue weighted by molar-refractivity contribution is -0.112. The van der Waals surface area contributed by atoms with Gasteiger partial charge in [0.1, 0.15) is 17.3 Å². The summed E-state index contributed by atoms with van der Waals surface area (Å²) in [6, 6.07) is 11.3. The molecular weight excluding hydrogens is 420 g/mol. The largest absolute Gasteiger partial charge is 0.497 e. The molecule has 9 heteroatoms. The molecule has 4 rings (SSSR count). The summed E-state index contributed by atoms with van der Waals surface area (Å²) in [7, 11) is 3.17. The Balaban J connectivity index is 1.75. The number of nitrogen functional groups attached to an aromatic ring is 1. The van der Waals surface area contributed by atoms with Gasteiger partial charge in [-0.05, 0) is 43.3 Å². The molecule has 0 fully saturated rings. The van der Waals surface area contributed by atoms with Gasteiger partial charge in [0.05, 0.1) is 25.4 Å². The van der Waals surface area contributed by atoms with Crippen molar-refractivity contribution in [3.05, 3.63) is 66.5 Å². The van der Waals surface area contributed by atoms with E-state index in [9.17, 15) is 4.79 Å². The number of nitrogens with two attached hydrogens (primary N) is 2. The van der Waals surface area contributed by atoms with E-state index in [2.05, 4.69) is 21.9 Å². The number of methoxy groups -OCH3 is 2. The molecule has 2 heterocycles. The third-order valence-electron chi connectivity index (χ3n) is 5.43. The number of nitrogens with zero attached hydrogens (tertiary/aromatic N) is 3. The second kappa shape index (κ2) is 8.54. The molecule has 0 bridgehead atoms. The first-order valence-electron chi connectivity index (χ1n) is 10.1. The quantitative estimate of drug-likeness (QED) is 0.293. The van der Waals surface area contributed by atoms with Crippen LogP contribution < -0.4 is 26.3 Å². The van der Waals surface area contributed by atoms with Crippen LogP contribution in [0.25, 0.3) is 22.3 Å². The van der Waals surface area contributed by atoms with Crippen LogP contribution in [0.2, 0.25) is 0 Å². The zero-order chi connectivity index (χ0) is 23.7. The molecule has 0 aliphatic carbocycles. The maximum atomic E-state index is 11.7. The van der Waals surface area contributed by atoms with Crippen molar-refractivity contribution in [2.45, 2.75) is 6.92 Å². The fourth-order valence-electron chi connectivity index (χ4n) is 3.66. The highest BCUT2D eigenvalue weighted by Gasteiger charge is 2.19. The number of carbonyl (C=O) groups excluding carboxylic acids is 1. The molecular formula is C24H24N6O3. The Morgan fingerprint density at radius 3 is 2.64 bits per heavy atom. The Kier molecular flexibility index (Phi) is 5.61. The van der Waals surface area contributed by atoms with Crippen molar-refractivity contribution in [3.63, 3.8) is 0 Å². The maximum absolute atomic E-state index is 11.7. The monoisotopic (exact) mass is 444 g/mol. The average molecular weight is 444 g/mol. The number of nitrogens with one attached hydrogen (secondary N) is 1. The van der Waals surface area contributed by atoms with Gasteiger partial charge in [-0.15, -0.1) is 0 Å². The molecule has 0 spiro atoms. The van der Waals surface area contributed by atoms with Crippen LogP contribution in [0.4, 0.5) is 17.3 Å². The van der Waals surface area contributed by atoms with Crippen molar-refractivity contribution < 1.29 is 14.3 Å². The molecule has 0 aliphatic rings. The van der Waals surface area contributed by atoms with Crippen molar-refractivity contribution in [3.8, 4) is 17.3 Å². The van der Waals surface area contributed by atoms with Crippen molar-refractivity contribution in [1.29, 1.82) is 0 Å². The van der Waals surface area contributed by atoms with Crippen LogP contribution >= 0.6 is 0 Å². The molecule has 2 aromatic carbocycles. The smallest absolute Gasteiger partial charge is 0.248 e. The highest BCUT2D eigenvalue weighted by Crippen LogP contribution is 2.38. The summed E-state index contributed by atoms with van der Waals surface area (Å²) in [6.07, 6.45) is 3.58. The summed E-state index contributed by atoms with van der Waals surface area (Å²) in [5, 5.41) is 4.19. The van der Waals surface area contributed by atoms with Gasteiger partial charge in [0.2, 0.25) is 11.9 Å². The fraction of sp³-hybridized carbons (Fsp3) is 0.125. The third-order valence-corrected chi connectivity index (χ3v) is 5.43. The number of anilines is 3. The molecule has 168 valence electrons. The summed E-state index contributed by atoms with van der Waals surface area (Å²) in [5.74, 6) is 1.62. The van der Waals surface area contributed by atoms with Crippen LogP contribution in [0.1, 0.15) is 11.1 Å². The zero-order valence-corrected chi connectivity index (χ0v) is 18.5. The molecule has 1 amide bonds. The summed E-state index contributed by atoms with van der Waals surface area (Å²) < 4.78 is 12.8. The number of aromatic nitrogens is 3. The van der Waals surface area contributed by atoms with Gasteiger partial charge in [-0.25, -0.2) is 4.98 Å². The lowest BCUT2D eigenvalue weighted by Crippen LogP contribution is -2.14. The number of benzene rings is 2.